The van der Waals surface area contributed by atoms with Gasteiger partial charge in [0.1, 0.15) is 0 Å². The van der Waals surface area contributed by atoms with Crippen LogP contribution in [0, 0.1) is 0 Å². The molecule has 48 heavy (non-hydrogen) atoms. The normalized spacial score (nSPS) is 14.1. The first-order chi connectivity index (χ1) is 21.9. The maximum Gasteiger partial charge on any atom is 0.294 e. The molecule has 1 aliphatic heterocycles. The van der Waals surface area contributed by atoms with Crippen molar-refractivity contribution in [2.45, 2.75) is 58.7 Å². The van der Waals surface area contributed by atoms with Crippen LogP contribution in [0.3, 0.4) is 0 Å². The highest BCUT2D eigenvalue weighted by molar-refractivity contribution is 8.01. The number of hydrogen-bond donors (Lipinski definition) is 4. The Bertz CT molecular complexity index is 2050. The molecule has 0 atom stereocenters. The Kier molecular flexibility index (Phi) is 9.45. The molecule has 4 aromatic carbocycles. The minimum atomic E-state index is -5.11. The van der Waals surface area contributed by atoms with E-state index in [-0.39, 0.29) is 47.0 Å². The van der Waals surface area contributed by atoms with Gasteiger partial charge in [0.2, 0.25) is 0 Å². The van der Waals surface area contributed by atoms with Crippen LogP contribution in [0.5, 0.6) is 23.0 Å². The van der Waals surface area contributed by atoms with Gasteiger partial charge >= 0.3 is 0 Å². The lowest BCUT2D eigenvalue weighted by Crippen LogP contribution is -2.06. The molecule has 0 saturated heterocycles. The van der Waals surface area contributed by atoms with Crippen molar-refractivity contribution in [2.75, 3.05) is 0 Å². The first-order valence-electron chi connectivity index (χ1n) is 11.9. The molecular formula is C24H12O16S8-4. The molecule has 1 heterocycles. The van der Waals surface area contributed by atoms with E-state index >= 15 is 0 Å². The zero-order chi connectivity index (χ0) is 35.7. The third-order valence-electron chi connectivity index (χ3n) is 6.05. The Hall–Kier alpha value is -2.88. The number of hydrogen-bond acceptors (Lipinski definition) is 16. The summed E-state index contributed by atoms with van der Waals surface area (Å²) in [5.74, 6) is -4.42. The van der Waals surface area contributed by atoms with Gasteiger partial charge in [0, 0.05) is 39.2 Å². The topological polar surface area (TPSA) is 310 Å². The second-order valence-corrected chi connectivity index (χ2v) is 19.3. The first-order valence-corrected chi connectivity index (χ1v) is 21.0. The van der Waals surface area contributed by atoms with E-state index < -0.39 is 122 Å². The van der Waals surface area contributed by atoms with E-state index in [1.165, 1.54) is 0 Å². The van der Waals surface area contributed by atoms with Gasteiger partial charge in [-0.2, -0.15) is 33.7 Å². The summed E-state index contributed by atoms with van der Waals surface area (Å²) in [7, 11) is -20.5. The van der Waals surface area contributed by atoms with Gasteiger partial charge in [0.05, 0.1) is 19.6 Å². The summed E-state index contributed by atoms with van der Waals surface area (Å²) >= 11 is 0.615. The highest BCUT2D eigenvalue weighted by Gasteiger charge is 2.23. The van der Waals surface area contributed by atoms with Gasteiger partial charge in [0.25, 0.3) is 40.5 Å². The van der Waals surface area contributed by atoms with Gasteiger partial charge in [-0.05, 0) is 48.5 Å². The van der Waals surface area contributed by atoms with E-state index in [2.05, 4.69) is 0 Å². The molecular weight excluding hydrogens is 801 g/mol. The van der Waals surface area contributed by atoms with Crippen molar-refractivity contribution in [3.05, 3.63) is 48.5 Å². The second kappa shape index (κ2) is 12.5. The van der Waals surface area contributed by atoms with Gasteiger partial charge in [-0.1, -0.05) is 70.0 Å². The summed E-state index contributed by atoms with van der Waals surface area (Å²) in [6, 6.07) is 4.84. The van der Waals surface area contributed by atoms with Crippen molar-refractivity contribution in [1.82, 2.24) is 0 Å². The molecule has 4 aromatic rings. The molecule has 0 radical (unpaired) electrons. The predicted molar refractivity (Wildman–Crippen MR) is 159 cm³/mol. The Labute approximate surface area is 288 Å². The molecule has 256 valence electrons. The summed E-state index contributed by atoms with van der Waals surface area (Å²) in [6.45, 7) is 0. The van der Waals surface area contributed by atoms with Gasteiger partial charge < -0.3 is 20.4 Å². The fourth-order valence-corrected chi connectivity index (χ4v) is 10.9. The average molecular weight is 813 g/mol. The summed E-state index contributed by atoms with van der Waals surface area (Å²) < 4.78 is 136. The molecule has 1 aliphatic rings. The molecule has 16 nitrogen and oxygen atoms in total. The van der Waals surface area contributed by atoms with E-state index in [4.69, 9.17) is 0 Å². The van der Waals surface area contributed by atoms with Crippen LogP contribution < -0.4 is 20.4 Å². The van der Waals surface area contributed by atoms with Crippen molar-refractivity contribution >= 4 is 87.5 Å². The lowest BCUT2D eigenvalue weighted by molar-refractivity contribution is -0.277. The summed E-state index contributed by atoms with van der Waals surface area (Å²) in [5.41, 5.74) is 0. The van der Waals surface area contributed by atoms with Crippen molar-refractivity contribution < 1.29 is 72.3 Å². The van der Waals surface area contributed by atoms with Crippen LogP contribution in [0.2, 0.25) is 0 Å². The third kappa shape index (κ3) is 7.48. The molecule has 0 aliphatic carbocycles. The molecule has 8 bridgehead atoms. The molecule has 0 aromatic heterocycles. The Morgan fingerprint density at radius 2 is 0.458 bits per heavy atom. The van der Waals surface area contributed by atoms with Gasteiger partial charge in [-0.3, -0.25) is 18.2 Å². The van der Waals surface area contributed by atoms with E-state index in [9.17, 15) is 72.3 Å². The monoisotopic (exact) mass is 812 g/mol. The average Bonchev–Trinajstić information content (AvgIpc) is 2.93. The standard InChI is InChI=1S/C24H16O16S8/c25-21-13-1-9(45(29,30)31)2-14(21)42-17-5-11(47(35,36)37)6-18(23(17)27)44-20-8-12(48(38,39)40)7-19(24(20)28)43-16-4-10(46(32,33)34)3-15(41-13)22(16)26/h1-8,25-28H,(H,29,30,31)(H,32,33,34)(H,35,36,37)(H,38,39,40)/p-4. The molecule has 0 saturated carbocycles. The van der Waals surface area contributed by atoms with Crippen LogP contribution in [0.1, 0.15) is 0 Å². The summed E-state index contributed by atoms with van der Waals surface area (Å²) in [5, 5.41) is 54.2. The van der Waals surface area contributed by atoms with Crippen LogP contribution in [-0.4, -0.2) is 51.9 Å². The fourth-order valence-electron chi connectivity index (χ4n) is 3.89. The summed E-state index contributed by atoms with van der Waals surface area (Å²) in [6.07, 6.45) is 0. The van der Waals surface area contributed by atoms with Crippen LogP contribution in [0.15, 0.2) is 107 Å². The Morgan fingerprint density at radius 1 is 0.333 bits per heavy atom. The minimum absolute atomic E-state index is 0.154. The summed E-state index contributed by atoms with van der Waals surface area (Å²) in [4.78, 5) is -9.06. The van der Waals surface area contributed by atoms with Gasteiger partial charge in [0.15, 0.2) is 0 Å². The van der Waals surface area contributed by atoms with Crippen molar-refractivity contribution in [3.63, 3.8) is 0 Å². The first kappa shape index (κ1) is 36.4. The minimum Gasteiger partial charge on any atom is -0.871 e. The Balaban J connectivity index is 1.93. The largest absolute Gasteiger partial charge is 0.871 e. The van der Waals surface area contributed by atoms with Crippen LogP contribution in [0.25, 0.3) is 0 Å². The van der Waals surface area contributed by atoms with Gasteiger partial charge in [-0.15, -0.1) is 0 Å². The van der Waals surface area contributed by atoms with Crippen molar-refractivity contribution in [3.8, 4) is 23.0 Å². The lowest BCUT2D eigenvalue weighted by atomic mass is 10.3. The molecule has 5 rings (SSSR count). The van der Waals surface area contributed by atoms with Crippen LogP contribution >= 0.6 is 47.0 Å². The molecule has 4 N–H and O–H groups in total. The quantitative estimate of drug-likeness (QED) is 0.188. The number of benzene rings is 4. The molecule has 0 spiro atoms. The highest BCUT2D eigenvalue weighted by Crippen LogP contribution is 2.52. The van der Waals surface area contributed by atoms with E-state index in [1.807, 2.05) is 0 Å². The van der Waals surface area contributed by atoms with Gasteiger partial charge in [-0.25, -0.2) is 0 Å². The molecule has 0 amide bonds. The van der Waals surface area contributed by atoms with Crippen molar-refractivity contribution in [1.29, 1.82) is 0 Å². The maximum atomic E-state index is 13.5. The maximum absolute atomic E-state index is 13.5. The Morgan fingerprint density at radius 3 is 0.562 bits per heavy atom. The molecule has 24 heteroatoms. The molecule has 0 fully saturated rings. The van der Waals surface area contributed by atoms with E-state index in [0.29, 0.717) is 48.5 Å². The number of fused-ring (bicyclic) bond motifs is 8. The number of rotatable bonds is 4. The van der Waals surface area contributed by atoms with Crippen LogP contribution in [-0.2, 0) is 40.5 Å². The van der Waals surface area contributed by atoms with E-state index in [0.717, 1.165) is 0 Å². The SMILES string of the molecule is O=S(=O)(O)c1cc2c([O-])c(c1)Sc1cc(S(=O)(=O)O)cc(c1[O-])Sc1cc(S(=O)(=O)O)cc(c1[O-])Sc1cc(S(=O)(=O)O)cc(c1[O-])S2. The smallest absolute Gasteiger partial charge is 0.294 e. The zero-order valence-corrected chi connectivity index (χ0v) is 29.1. The third-order valence-corrected chi connectivity index (χ3v) is 13.6. The predicted octanol–water partition coefficient (Wildman–Crippen LogP) is 1.89. The lowest BCUT2D eigenvalue weighted by Gasteiger charge is -2.27. The highest BCUT2D eigenvalue weighted by atomic mass is 32.2. The van der Waals surface area contributed by atoms with Crippen LogP contribution in [0.4, 0.5) is 0 Å². The molecule has 0 unspecified atom stereocenters. The fraction of sp³-hybridized carbons (Fsp3) is 0. The van der Waals surface area contributed by atoms with Crippen molar-refractivity contribution in [2.24, 2.45) is 0 Å². The zero-order valence-electron chi connectivity index (χ0n) is 22.6. The second-order valence-electron chi connectivity index (χ2n) is 9.30. The van der Waals surface area contributed by atoms with E-state index in [1.54, 1.807) is 0 Å².